The molecular formula is C21H38N2. The molecule has 132 valence electrons. The van der Waals surface area contributed by atoms with Crippen molar-refractivity contribution in [2.24, 2.45) is 21.7 Å². The lowest BCUT2D eigenvalue weighted by Crippen LogP contribution is -2.44. The lowest BCUT2D eigenvalue weighted by molar-refractivity contribution is 0.0807. The van der Waals surface area contributed by atoms with Crippen molar-refractivity contribution >= 4 is 0 Å². The van der Waals surface area contributed by atoms with Crippen LogP contribution in [0, 0.1) is 21.7 Å². The molecule has 2 saturated carbocycles. The van der Waals surface area contributed by atoms with Gasteiger partial charge in [0.2, 0.25) is 0 Å². The lowest BCUT2D eigenvalue weighted by atomic mass is 9.65. The first kappa shape index (κ1) is 16.4. The van der Waals surface area contributed by atoms with E-state index in [0.29, 0.717) is 21.7 Å². The Bertz CT molecular complexity index is 452. The maximum atomic E-state index is 2.87. The Morgan fingerprint density at radius 3 is 1.43 bits per heavy atom. The second kappa shape index (κ2) is 4.75. The van der Waals surface area contributed by atoms with Crippen LogP contribution >= 0.6 is 0 Å². The van der Waals surface area contributed by atoms with Crippen LogP contribution in [0.4, 0.5) is 0 Å². The Balaban J connectivity index is 1.48. The van der Waals surface area contributed by atoms with Gasteiger partial charge in [-0.25, -0.2) is 0 Å². The van der Waals surface area contributed by atoms with E-state index in [2.05, 4.69) is 51.3 Å². The summed E-state index contributed by atoms with van der Waals surface area (Å²) in [6, 6.07) is 1.68. The highest BCUT2D eigenvalue weighted by atomic mass is 15.4. The van der Waals surface area contributed by atoms with Gasteiger partial charge < -0.3 is 0 Å². The van der Waals surface area contributed by atoms with Gasteiger partial charge in [0, 0.05) is 25.2 Å². The zero-order valence-electron chi connectivity index (χ0n) is 16.4. The van der Waals surface area contributed by atoms with Crippen molar-refractivity contribution in [1.29, 1.82) is 0 Å². The van der Waals surface area contributed by atoms with E-state index in [1.165, 1.54) is 58.3 Å². The Kier molecular flexibility index (Phi) is 3.39. The highest BCUT2D eigenvalue weighted by molar-refractivity contribution is 5.05. The molecule has 2 saturated heterocycles. The molecule has 23 heavy (non-hydrogen) atoms. The summed E-state index contributed by atoms with van der Waals surface area (Å²) in [5, 5.41) is 0. The van der Waals surface area contributed by atoms with Crippen molar-refractivity contribution in [3.05, 3.63) is 0 Å². The number of hydrogen-bond donors (Lipinski definition) is 0. The summed E-state index contributed by atoms with van der Waals surface area (Å²) in [4.78, 5) is 5.73. The summed E-state index contributed by atoms with van der Waals surface area (Å²) in [6.07, 6.45) is 8.53. The van der Waals surface area contributed by atoms with E-state index in [0.717, 1.165) is 12.1 Å². The molecule has 4 bridgehead atoms. The van der Waals surface area contributed by atoms with Crippen molar-refractivity contribution in [1.82, 2.24) is 9.80 Å². The molecule has 4 fully saturated rings. The number of hydrogen-bond acceptors (Lipinski definition) is 2. The van der Waals surface area contributed by atoms with Crippen LogP contribution in [0.1, 0.15) is 80.1 Å². The van der Waals surface area contributed by atoms with Gasteiger partial charge in [-0.2, -0.15) is 0 Å². The molecule has 2 nitrogen and oxygen atoms in total. The second-order valence-corrected chi connectivity index (χ2v) is 12.1. The van der Waals surface area contributed by atoms with E-state index < -0.39 is 0 Å². The van der Waals surface area contributed by atoms with E-state index in [1.807, 2.05) is 0 Å². The van der Waals surface area contributed by atoms with Crippen molar-refractivity contribution in [2.75, 3.05) is 19.8 Å². The number of likely N-dealkylation sites (tertiary alicyclic amines) is 2. The Hall–Kier alpha value is -0.0800. The molecular weight excluding hydrogens is 280 g/mol. The third-order valence-corrected chi connectivity index (χ3v) is 7.41. The Labute approximate surface area is 144 Å². The fourth-order valence-electron chi connectivity index (χ4n) is 7.72. The molecule has 4 rings (SSSR count). The number of rotatable bonds is 2. The molecule has 0 N–H and O–H groups in total. The molecule has 0 amide bonds. The summed E-state index contributed by atoms with van der Waals surface area (Å²) in [6.45, 7) is 19.0. The molecule has 2 aliphatic heterocycles. The SMILES string of the molecule is CC1(C)C[C@H]2C[C@@](C)(CN2CN2C[C@@]3(C)C[C@H]2CC(C)(C)C3)C1. The first-order valence-electron chi connectivity index (χ1n) is 9.95. The van der Waals surface area contributed by atoms with E-state index in [9.17, 15) is 0 Å². The Morgan fingerprint density at radius 1 is 0.652 bits per heavy atom. The third kappa shape index (κ3) is 2.99. The largest absolute Gasteiger partial charge is 0.287 e. The van der Waals surface area contributed by atoms with Crippen LogP contribution in [0.25, 0.3) is 0 Å². The van der Waals surface area contributed by atoms with Crippen LogP contribution in [0.5, 0.6) is 0 Å². The minimum Gasteiger partial charge on any atom is -0.287 e. The van der Waals surface area contributed by atoms with Crippen LogP contribution in [0.3, 0.4) is 0 Å². The van der Waals surface area contributed by atoms with Crippen LogP contribution in [0.2, 0.25) is 0 Å². The number of fused-ring (bicyclic) bond motifs is 4. The van der Waals surface area contributed by atoms with E-state index >= 15 is 0 Å². The number of nitrogens with zero attached hydrogens (tertiary/aromatic N) is 2. The Morgan fingerprint density at radius 2 is 1.04 bits per heavy atom. The third-order valence-electron chi connectivity index (χ3n) is 7.41. The average Bonchev–Trinajstić information content (AvgIpc) is 2.67. The zero-order valence-corrected chi connectivity index (χ0v) is 16.4. The highest BCUT2D eigenvalue weighted by Crippen LogP contribution is 2.55. The van der Waals surface area contributed by atoms with Crippen LogP contribution < -0.4 is 0 Å². The van der Waals surface area contributed by atoms with Gasteiger partial charge in [0.15, 0.2) is 0 Å². The van der Waals surface area contributed by atoms with E-state index in [-0.39, 0.29) is 0 Å². The minimum atomic E-state index is 0.543. The average molecular weight is 319 g/mol. The molecule has 2 heteroatoms. The maximum Gasteiger partial charge on any atom is 0.0512 e. The monoisotopic (exact) mass is 318 g/mol. The van der Waals surface area contributed by atoms with E-state index in [4.69, 9.17) is 0 Å². The van der Waals surface area contributed by atoms with Crippen LogP contribution in [0.15, 0.2) is 0 Å². The topological polar surface area (TPSA) is 6.48 Å². The molecule has 2 heterocycles. The van der Waals surface area contributed by atoms with Gasteiger partial charge in [-0.05, 0) is 60.2 Å². The summed E-state index contributed by atoms with van der Waals surface area (Å²) in [5.41, 5.74) is 2.23. The second-order valence-electron chi connectivity index (χ2n) is 12.1. The normalized spacial score (nSPS) is 48.8. The molecule has 0 aromatic heterocycles. The molecule has 4 aliphatic rings. The zero-order chi connectivity index (χ0) is 16.7. The fraction of sp³-hybridized carbons (Fsp3) is 1.00. The quantitative estimate of drug-likeness (QED) is 0.725. The molecule has 0 spiro atoms. The maximum absolute atomic E-state index is 2.87. The van der Waals surface area contributed by atoms with E-state index in [1.54, 1.807) is 0 Å². The predicted molar refractivity (Wildman–Crippen MR) is 97.3 cm³/mol. The van der Waals surface area contributed by atoms with Crippen molar-refractivity contribution in [3.8, 4) is 0 Å². The van der Waals surface area contributed by atoms with Gasteiger partial charge in [-0.15, -0.1) is 0 Å². The molecule has 2 aliphatic carbocycles. The van der Waals surface area contributed by atoms with Crippen molar-refractivity contribution in [3.63, 3.8) is 0 Å². The van der Waals surface area contributed by atoms with Gasteiger partial charge in [0.05, 0.1) is 6.67 Å². The molecule has 0 radical (unpaired) electrons. The molecule has 0 aromatic carbocycles. The first-order chi connectivity index (χ1) is 10.5. The van der Waals surface area contributed by atoms with Gasteiger partial charge in [-0.1, -0.05) is 41.5 Å². The fourth-order valence-corrected chi connectivity index (χ4v) is 7.72. The van der Waals surface area contributed by atoms with Crippen LogP contribution in [-0.4, -0.2) is 41.6 Å². The van der Waals surface area contributed by atoms with Gasteiger partial charge in [0.1, 0.15) is 0 Å². The lowest BCUT2D eigenvalue weighted by Gasteiger charge is -2.40. The summed E-state index contributed by atoms with van der Waals surface area (Å²) < 4.78 is 0. The smallest absolute Gasteiger partial charge is 0.0512 e. The highest BCUT2D eigenvalue weighted by Gasteiger charge is 2.53. The summed E-state index contributed by atoms with van der Waals surface area (Å²) >= 11 is 0. The van der Waals surface area contributed by atoms with Crippen molar-refractivity contribution in [2.45, 2.75) is 92.2 Å². The minimum absolute atomic E-state index is 0.543. The van der Waals surface area contributed by atoms with Gasteiger partial charge in [0.25, 0.3) is 0 Å². The predicted octanol–water partition coefficient (Wildman–Crippen LogP) is 4.75. The van der Waals surface area contributed by atoms with Gasteiger partial charge >= 0.3 is 0 Å². The summed E-state index contributed by atoms with van der Waals surface area (Å²) in [7, 11) is 0. The summed E-state index contributed by atoms with van der Waals surface area (Å²) in [5.74, 6) is 0. The molecule has 4 atom stereocenters. The molecule has 0 unspecified atom stereocenters. The van der Waals surface area contributed by atoms with Gasteiger partial charge in [-0.3, -0.25) is 9.80 Å². The molecule has 0 aromatic rings. The van der Waals surface area contributed by atoms with Crippen molar-refractivity contribution < 1.29 is 0 Å². The van der Waals surface area contributed by atoms with Crippen LogP contribution in [-0.2, 0) is 0 Å². The standard InChI is InChI=1S/C21H38N2/c1-18(2)7-16-9-20(5,11-18)13-22(16)15-23-14-21(6)10-17(23)8-19(3,4)12-21/h16-17H,7-15H2,1-6H3/t16-,17+,20+,21-. The first-order valence-corrected chi connectivity index (χ1v) is 9.95.